The van der Waals surface area contributed by atoms with Crippen LogP contribution in [0.1, 0.15) is 37.1 Å². The van der Waals surface area contributed by atoms with E-state index in [2.05, 4.69) is 0 Å². The van der Waals surface area contributed by atoms with Crippen LogP contribution >= 0.6 is 11.3 Å². The molecule has 126 valence electrons. The van der Waals surface area contributed by atoms with Crippen molar-refractivity contribution in [2.24, 2.45) is 0 Å². The molecule has 2 heterocycles. The summed E-state index contributed by atoms with van der Waals surface area (Å²) in [5.41, 5.74) is 2.00. The second-order valence-corrected chi connectivity index (χ2v) is 6.51. The number of ether oxygens (including phenoxy) is 2. The maximum atomic E-state index is 12.6. The fraction of sp³-hybridized carbons (Fsp3) is 0.333. The highest BCUT2D eigenvalue weighted by Crippen LogP contribution is 2.43. The number of thiophene rings is 1. The Morgan fingerprint density at radius 3 is 2.50 bits per heavy atom. The summed E-state index contributed by atoms with van der Waals surface area (Å²) in [7, 11) is 1.62. The number of β-lactam (4-membered cyclic amide) rings is 1. The number of hydrogen-bond donors (Lipinski definition) is 0. The second-order valence-electron chi connectivity index (χ2n) is 5.73. The summed E-state index contributed by atoms with van der Waals surface area (Å²) in [6.07, 6.45) is -0.738. The van der Waals surface area contributed by atoms with Gasteiger partial charge in [0.05, 0.1) is 13.2 Å². The van der Waals surface area contributed by atoms with Crippen molar-refractivity contribution in [3.05, 3.63) is 52.2 Å². The summed E-state index contributed by atoms with van der Waals surface area (Å²) in [6.45, 7) is 3.30. The number of rotatable bonds is 5. The maximum absolute atomic E-state index is 12.6. The van der Waals surface area contributed by atoms with Gasteiger partial charge >= 0.3 is 5.97 Å². The first-order valence-electron chi connectivity index (χ1n) is 7.68. The molecule has 3 rings (SSSR count). The lowest BCUT2D eigenvalue weighted by atomic mass is 9.88. The van der Waals surface area contributed by atoms with Crippen molar-refractivity contribution in [2.75, 3.05) is 7.11 Å². The maximum Gasteiger partial charge on any atom is 0.303 e. The van der Waals surface area contributed by atoms with E-state index >= 15 is 0 Å². The number of amides is 1. The van der Waals surface area contributed by atoms with Gasteiger partial charge in [0.1, 0.15) is 11.8 Å². The molecule has 1 aromatic heterocycles. The zero-order chi connectivity index (χ0) is 17.3. The van der Waals surface area contributed by atoms with Crippen LogP contribution in [0.5, 0.6) is 5.75 Å². The summed E-state index contributed by atoms with van der Waals surface area (Å²) in [4.78, 5) is 25.7. The van der Waals surface area contributed by atoms with Gasteiger partial charge in [0, 0.05) is 6.92 Å². The lowest BCUT2D eigenvalue weighted by molar-refractivity contribution is -0.186. The van der Waals surface area contributed by atoms with Crippen LogP contribution in [0.25, 0.3) is 0 Å². The third kappa shape index (κ3) is 2.89. The van der Waals surface area contributed by atoms with Crippen molar-refractivity contribution >= 4 is 23.2 Å². The molecule has 6 heteroatoms. The molecule has 1 unspecified atom stereocenters. The average molecular weight is 345 g/mol. The predicted octanol–water partition coefficient (Wildman–Crippen LogP) is 3.33. The highest BCUT2D eigenvalue weighted by Gasteiger charge is 2.52. The number of nitrogens with zero attached hydrogens (tertiary/aromatic N) is 1. The highest BCUT2D eigenvalue weighted by molar-refractivity contribution is 7.08. The molecule has 0 saturated carbocycles. The SMILES string of the molecule is COc1ccc(C(C)N2C(=O)[C@H](OC(C)=O)[C@@H]2c2ccsc2)cc1. The van der Waals surface area contributed by atoms with Crippen molar-refractivity contribution < 1.29 is 19.1 Å². The van der Waals surface area contributed by atoms with Gasteiger partial charge in [0.25, 0.3) is 5.91 Å². The lowest BCUT2D eigenvalue weighted by Crippen LogP contribution is -2.60. The normalized spacial score (nSPS) is 21.1. The Hall–Kier alpha value is -2.34. The number of benzene rings is 1. The van der Waals surface area contributed by atoms with E-state index < -0.39 is 12.1 Å². The Morgan fingerprint density at radius 1 is 1.25 bits per heavy atom. The van der Waals surface area contributed by atoms with Gasteiger partial charge in [-0.3, -0.25) is 9.59 Å². The third-order valence-corrected chi connectivity index (χ3v) is 4.98. The van der Waals surface area contributed by atoms with Crippen molar-refractivity contribution in [1.82, 2.24) is 4.90 Å². The zero-order valence-corrected chi connectivity index (χ0v) is 14.6. The molecule has 1 aliphatic heterocycles. The van der Waals surface area contributed by atoms with Crippen molar-refractivity contribution in [3.8, 4) is 5.75 Å². The Balaban J connectivity index is 1.87. The smallest absolute Gasteiger partial charge is 0.303 e. The van der Waals surface area contributed by atoms with Crippen molar-refractivity contribution in [1.29, 1.82) is 0 Å². The fourth-order valence-electron chi connectivity index (χ4n) is 3.03. The number of carbonyl (C=O) groups excluding carboxylic acids is 2. The minimum atomic E-state index is -0.738. The molecule has 0 aliphatic carbocycles. The molecule has 1 aliphatic rings. The summed E-state index contributed by atoms with van der Waals surface area (Å²) < 4.78 is 10.4. The van der Waals surface area contributed by atoms with Crippen LogP contribution in [-0.2, 0) is 14.3 Å². The Morgan fingerprint density at radius 2 is 1.96 bits per heavy atom. The van der Waals surface area contributed by atoms with Gasteiger partial charge < -0.3 is 14.4 Å². The van der Waals surface area contributed by atoms with Gasteiger partial charge in [-0.05, 0) is 47.0 Å². The first-order chi connectivity index (χ1) is 11.5. The van der Waals surface area contributed by atoms with Crippen molar-refractivity contribution in [3.63, 3.8) is 0 Å². The van der Waals surface area contributed by atoms with Crippen LogP contribution in [0.15, 0.2) is 41.1 Å². The predicted molar refractivity (Wildman–Crippen MR) is 90.9 cm³/mol. The summed E-state index contributed by atoms with van der Waals surface area (Å²) in [5, 5.41) is 3.94. The zero-order valence-electron chi connectivity index (χ0n) is 13.8. The second kappa shape index (κ2) is 6.65. The largest absolute Gasteiger partial charge is 0.497 e. The third-order valence-electron chi connectivity index (χ3n) is 4.28. The minimum Gasteiger partial charge on any atom is -0.497 e. The fourth-order valence-corrected chi connectivity index (χ4v) is 3.72. The first-order valence-corrected chi connectivity index (χ1v) is 8.62. The summed E-state index contributed by atoms with van der Waals surface area (Å²) >= 11 is 1.56. The van der Waals surface area contributed by atoms with Crippen LogP contribution < -0.4 is 4.74 Å². The van der Waals surface area contributed by atoms with E-state index in [0.717, 1.165) is 16.9 Å². The van der Waals surface area contributed by atoms with Gasteiger partial charge in [0.2, 0.25) is 6.10 Å². The van der Waals surface area contributed by atoms with E-state index in [1.165, 1.54) is 6.92 Å². The standard InChI is InChI=1S/C18H19NO4S/c1-11(13-4-6-15(22-3)7-5-13)19-16(14-8-9-24-10-14)17(18(19)21)23-12(2)20/h4-11,16-17H,1-3H3/t11?,16-,17+/m0/s1. The molecule has 0 N–H and O–H groups in total. The summed E-state index contributed by atoms with van der Waals surface area (Å²) in [6, 6.07) is 9.23. The summed E-state index contributed by atoms with van der Waals surface area (Å²) in [5.74, 6) is 0.170. The van der Waals surface area contributed by atoms with E-state index in [9.17, 15) is 9.59 Å². The van der Waals surface area contributed by atoms with E-state index in [-0.39, 0.29) is 18.0 Å². The van der Waals surface area contributed by atoms with Gasteiger partial charge in [-0.1, -0.05) is 12.1 Å². The molecule has 2 aromatic rings. The molecule has 3 atom stereocenters. The lowest BCUT2D eigenvalue weighted by Gasteiger charge is -2.49. The van der Waals surface area contributed by atoms with Gasteiger partial charge in [0.15, 0.2) is 0 Å². The minimum absolute atomic E-state index is 0.125. The molecule has 1 saturated heterocycles. The number of esters is 1. The molecule has 0 bridgehead atoms. The molecular formula is C18H19NO4S. The molecule has 1 aromatic carbocycles. The van der Waals surface area contributed by atoms with Crippen LogP contribution in [0.4, 0.5) is 0 Å². The van der Waals surface area contributed by atoms with E-state index in [1.807, 2.05) is 48.0 Å². The van der Waals surface area contributed by atoms with E-state index in [0.29, 0.717) is 0 Å². The number of methoxy groups -OCH3 is 1. The first kappa shape index (κ1) is 16.5. The van der Waals surface area contributed by atoms with Gasteiger partial charge in [-0.15, -0.1) is 0 Å². The monoisotopic (exact) mass is 345 g/mol. The number of carbonyl (C=O) groups is 2. The Labute approximate surface area is 144 Å². The average Bonchev–Trinajstić information content (AvgIpc) is 3.10. The van der Waals surface area contributed by atoms with Gasteiger partial charge in [-0.2, -0.15) is 11.3 Å². The topological polar surface area (TPSA) is 55.8 Å². The molecule has 5 nitrogen and oxygen atoms in total. The Bertz CT molecular complexity index is 726. The molecule has 0 radical (unpaired) electrons. The molecule has 1 fully saturated rings. The van der Waals surface area contributed by atoms with Crippen LogP contribution in [0, 0.1) is 0 Å². The quantitative estimate of drug-likeness (QED) is 0.616. The Kier molecular flexibility index (Phi) is 4.57. The van der Waals surface area contributed by atoms with Crippen LogP contribution in [0.2, 0.25) is 0 Å². The van der Waals surface area contributed by atoms with E-state index in [4.69, 9.17) is 9.47 Å². The van der Waals surface area contributed by atoms with Gasteiger partial charge in [-0.25, -0.2) is 0 Å². The van der Waals surface area contributed by atoms with Crippen LogP contribution in [0.3, 0.4) is 0 Å². The number of hydrogen-bond acceptors (Lipinski definition) is 5. The van der Waals surface area contributed by atoms with E-state index in [1.54, 1.807) is 23.3 Å². The molecule has 24 heavy (non-hydrogen) atoms. The molecular weight excluding hydrogens is 326 g/mol. The highest BCUT2D eigenvalue weighted by atomic mass is 32.1. The molecule has 0 spiro atoms. The van der Waals surface area contributed by atoms with Crippen LogP contribution in [-0.4, -0.2) is 30.0 Å². The number of likely N-dealkylation sites (tertiary alicyclic amines) is 1. The van der Waals surface area contributed by atoms with Crippen molar-refractivity contribution in [2.45, 2.75) is 32.0 Å². The molecule has 1 amide bonds.